The predicted octanol–water partition coefficient (Wildman–Crippen LogP) is 5.79. The third-order valence-corrected chi connectivity index (χ3v) is 6.23. The van der Waals surface area contributed by atoms with Gasteiger partial charge in [0.25, 0.3) is 0 Å². The van der Waals surface area contributed by atoms with Gasteiger partial charge in [0.05, 0.1) is 6.54 Å². The van der Waals surface area contributed by atoms with Gasteiger partial charge in [-0.05, 0) is 51.2 Å². The molecule has 1 heterocycles. The maximum absolute atomic E-state index is 12.2. The van der Waals surface area contributed by atoms with Gasteiger partial charge in [-0.3, -0.25) is 0 Å². The van der Waals surface area contributed by atoms with Gasteiger partial charge in [-0.1, -0.05) is 66.4 Å². The maximum Gasteiger partial charge on any atom is 0.407 e. The van der Waals surface area contributed by atoms with Crippen molar-refractivity contribution in [3.8, 4) is 23.0 Å². The van der Waals surface area contributed by atoms with Crippen molar-refractivity contribution in [1.82, 2.24) is 5.32 Å². The molecule has 0 spiro atoms. The number of ether oxygens (including phenoxy) is 1. The standard InChI is InChI=1S/C26H19NO2S/c28-26(27-14-5-6-18-11-12-19-13-15-30-25(19)16-18)29-17-24-22-9-3-1-7-20(22)21-8-2-4-10-23(21)24/h1-4,7-13,15-16,24H,14,17H2,(H,27,28). The summed E-state index contributed by atoms with van der Waals surface area (Å²) in [4.78, 5) is 12.2. The molecule has 0 radical (unpaired) electrons. The van der Waals surface area contributed by atoms with Gasteiger partial charge in [0.2, 0.25) is 0 Å². The lowest BCUT2D eigenvalue weighted by Crippen LogP contribution is -2.26. The second-order valence-electron chi connectivity index (χ2n) is 7.15. The van der Waals surface area contributed by atoms with Crippen molar-refractivity contribution in [3.63, 3.8) is 0 Å². The van der Waals surface area contributed by atoms with Gasteiger partial charge in [0.1, 0.15) is 6.61 Å². The van der Waals surface area contributed by atoms with Crippen LogP contribution in [-0.4, -0.2) is 19.2 Å². The Labute approximate surface area is 179 Å². The van der Waals surface area contributed by atoms with Crippen LogP contribution in [0.5, 0.6) is 0 Å². The fraction of sp³-hybridized carbons (Fsp3) is 0.115. The van der Waals surface area contributed by atoms with Crippen LogP contribution in [0.15, 0.2) is 78.2 Å². The number of hydrogen-bond donors (Lipinski definition) is 1. The maximum atomic E-state index is 12.2. The Morgan fingerprint density at radius 3 is 2.47 bits per heavy atom. The summed E-state index contributed by atoms with van der Waals surface area (Å²) in [5.74, 6) is 6.14. The van der Waals surface area contributed by atoms with Crippen LogP contribution in [0.4, 0.5) is 4.79 Å². The smallest absolute Gasteiger partial charge is 0.407 e. The molecular weight excluding hydrogens is 390 g/mol. The second kappa shape index (κ2) is 8.06. The summed E-state index contributed by atoms with van der Waals surface area (Å²) in [5.41, 5.74) is 5.79. The summed E-state index contributed by atoms with van der Waals surface area (Å²) in [6.45, 7) is 0.557. The summed E-state index contributed by atoms with van der Waals surface area (Å²) >= 11 is 1.70. The second-order valence-corrected chi connectivity index (χ2v) is 8.10. The average Bonchev–Trinajstić information content (AvgIpc) is 3.37. The molecule has 0 bridgehead atoms. The minimum Gasteiger partial charge on any atom is -0.449 e. The van der Waals surface area contributed by atoms with Gasteiger partial charge < -0.3 is 10.1 Å². The Morgan fingerprint density at radius 1 is 0.967 bits per heavy atom. The van der Waals surface area contributed by atoms with Crippen molar-refractivity contribution in [3.05, 3.63) is 94.9 Å². The molecule has 1 N–H and O–H groups in total. The molecule has 4 aromatic rings. The largest absolute Gasteiger partial charge is 0.449 e. The summed E-state index contributed by atoms with van der Waals surface area (Å²) in [7, 11) is 0. The molecule has 1 amide bonds. The number of thiophene rings is 1. The highest BCUT2D eigenvalue weighted by atomic mass is 32.1. The van der Waals surface area contributed by atoms with Gasteiger partial charge in [-0.25, -0.2) is 4.79 Å². The lowest BCUT2D eigenvalue weighted by Gasteiger charge is -2.14. The van der Waals surface area contributed by atoms with E-state index >= 15 is 0 Å². The summed E-state index contributed by atoms with van der Waals surface area (Å²) in [5, 5.41) is 6.02. The quantitative estimate of drug-likeness (QED) is 0.435. The number of alkyl carbamates (subject to hydrolysis) is 1. The molecule has 1 aliphatic rings. The van der Waals surface area contributed by atoms with E-state index in [2.05, 4.69) is 65.0 Å². The molecule has 1 aromatic heterocycles. The Bertz CT molecular complexity index is 1250. The van der Waals surface area contributed by atoms with E-state index in [1.165, 1.54) is 32.3 Å². The Hall–Kier alpha value is -3.55. The van der Waals surface area contributed by atoms with Crippen LogP contribution in [0.3, 0.4) is 0 Å². The molecule has 3 nitrogen and oxygen atoms in total. The van der Waals surface area contributed by atoms with Crippen molar-refractivity contribution in [1.29, 1.82) is 0 Å². The zero-order valence-corrected chi connectivity index (χ0v) is 17.0. The van der Waals surface area contributed by atoms with Crippen molar-refractivity contribution in [2.24, 2.45) is 0 Å². The van der Waals surface area contributed by atoms with E-state index in [1.807, 2.05) is 30.3 Å². The molecule has 0 saturated heterocycles. The number of hydrogen-bond acceptors (Lipinski definition) is 3. The van der Waals surface area contributed by atoms with Gasteiger partial charge in [0, 0.05) is 16.2 Å². The molecule has 146 valence electrons. The van der Waals surface area contributed by atoms with Gasteiger partial charge >= 0.3 is 6.09 Å². The van der Waals surface area contributed by atoms with Crippen molar-refractivity contribution in [2.75, 3.05) is 13.2 Å². The van der Waals surface area contributed by atoms with Crippen LogP contribution in [0.1, 0.15) is 22.6 Å². The lowest BCUT2D eigenvalue weighted by molar-refractivity contribution is 0.144. The molecule has 0 fully saturated rings. The number of carbonyl (C=O) groups is 1. The number of carbonyl (C=O) groups excluding carboxylic acids is 1. The molecule has 0 saturated carbocycles. The molecular formula is C26H19NO2S. The van der Waals surface area contributed by atoms with Gasteiger partial charge in [-0.15, -0.1) is 11.3 Å². The topological polar surface area (TPSA) is 38.3 Å². The van der Waals surface area contributed by atoms with Crippen LogP contribution in [0.25, 0.3) is 21.2 Å². The zero-order valence-electron chi connectivity index (χ0n) is 16.2. The number of fused-ring (bicyclic) bond motifs is 4. The number of benzene rings is 3. The number of rotatable bonds is 3. The van der Waals surface area contributed by atoms with E-state index < -0.39 is 6.09 Å². The fourth-order valence-electron chi connectivity index (χ4n) is 3.94. The molecule has 1 aliphatic carbocycles. The number of amides is 1. The highest BCUT2D eigenvalue weighted by Crippen LogP contribution is 2.44. The normalized spacial score (nSPS) is 12.0. The SMILES string of the molecule is O=C(NCC#Cc1ccc2ccsc2c1)OCC1c2ccccc2-c2ccccc21. The van der Waals surface area contributed by atoms with Crippen LogP contribution in [-0.2, 0) is 4.74 Å². The van der Waals surface area contributed by atoms with Crippen LogP contribution in [0.2, 0.25) is 0 Å². The Morgan fingerprint density at radius 2 is 1.70 bits per heavy atom. The van der Waals surface area contributed by atoms with Crippen molar-refractivity contribution >= 4 is 27.5 Å². The van der Waals surface area contributed by atoms with Crippen LogP contribution < -0.4 is 5.32 Å². The first-order valence-corrected chi connectivity index (χ1v) is 10.7. The summed E-state index contributed by atoms with van der Waals surface area (Å²) in [6.07, 6.45) is -0.445. The molecule has 3 aromatic carbocycles. The molecule has 0 aliphatic heterocycles. The minimum atomic E-state index is -0.445. The highest BCUT2D eigenvalue weighted by molar-refractivity contribution is 7.17. The van der Waals surface area contributed by atoms with Crippen molar-refractivity contribution < 1.29 is 9.53 Å². The van der Waals surface area contributed by atoms with E-state index in [9.17, 15) is 4.79 Å². The van der Waals surface area contributed by atoms with Crippen LogP contribution >= 0.6 is 11.3 Å². The number of nitrogens with one attached hydrogen (secondary N) is 1. The van der Waals surface area contributed by atoms with E-state index in [0.29, 0.717) is 6.61 Å². The monoisotopic (exact) mass is 409 g/mol. The van der Waals surface area contributed by atoms with E-state index in [4.69, 9.17) is 4.74 Å². The fourth-order valence-corrected chi connectivity index (χ4v) is 4.77. The summed E-state index contributed by atoms with van der Waals surface area (Å²) in [6, 6.07) is 24.8. The average molecular weight is 410 g/mol. The summed E-state index contributed by atoms with van der Waals surface area (Å²) < 4.78 is 6.74. The third-order valence-electron chi connectivity index (χ3n) is 5.35. The molecule has 30 heavy (non-hydrogen) atoms. The minimum absolute atomic E-state index is 0.0618. The first-order chi connectivity index (χ1) is 14.8. The third kappa shape index (κ3) is 3.56. The van der Waals surface area contributed by atoms with E-state index in [0.717, 1.165) is 5.56 Å². The zero-order chi connectivity index (χ0) is 20.3. The van der Waals surface area contributed by atoms with Crippen molar-refractivity contribution in [2.45, 2.75) is 5.92 Å². The van der Waals surface area contributed by atoms with E-state index in [1.54, 1.807) is 11.3 Å². The first-order valence-electron chi connectivity index (χ1n) is 9.84. The van der Waals surface area contributed by atoms with Crippen LogP contribution in [0, 0.1) is 11.8 Å². The molecule has 4 heteroatoms. The lowest BCUT2D eigenvalue weighted by atomic mass is 9.98. The van der Waals surface area contributed by atoms with E-state index in [-0.39, 0.29) is 12.5 Å². The van der Waals surface area contributed by atoms with Gasteiger partial charge in [-0.2, -0.15) is 0 Å². The molecule has 0 unspecified atom stereocenters. The molecule has 0 atom stereocenters. The highest BCUT2D eigenvalue weighted by Gasteiger charge is 2.28. The molecule has 5 rings (SSSR count). The van der Waals surface area contributed by atoms with Gasteiger partial charge in [0.15, 0.2) is 0 Å². The Balaban J connectivity index is 1.19. The first kappa shape index (κ1) is 18.5. The Kier molecular flexibility index (Phi) is 4.96. The predicted molar refractivity (Wildman–Crippen MR) is 122 cm³/mol.